The number of nitrogens with zero attached hydrogens (tertiary/aromatic N) is 1. The number of aromatic nitrogens is 1. The molecule has 0 aromatic carbocycles. The Bertz CT molecular complexity index is 327. The molecule has 3 N–H and O–H groups in total. The second-order valence-electron chi connectivity index (χ2n) is 3.52. The fourth-order valence-corrected chi connectivity index (χ4v) is 1.28. The highest BCUT2D eigenvalue weighted by Gasteiger charge is 2.02. The molecule has 1 aromatic rings. The summed E-state index contributed by atoms with van der Waals surface area (Å²) in [6.45, 7) is 0.656. The maximum Gasteiger partial charge on any atom is 0.224 e. The molecular weight excluding hydrogens is 209 g/mol. The Morgan fingerprint density at radius 2 is 2.19 bits per heavy atom. The number of rotatable bonds is 6. The number of hydrogen-bond donors (Lipinski definition) is 2. The monoisotopic (exact) mass is 225 g/mol. The Kier molecular flexibility index (Phi) is 5.42. The number of nitrogens with two attached hydrogens (primary N) is 1. The van der Waals surface area contributed by atoms with Gasteiger partial charge in [0.2, 0.25) is 11.9 Å². The van der Waals surface area contributed by atoms with Gasteiger partial charge in [-0.25, -0.2) is 4.98 Å². The van der Waals surface area contributed by atoms with E-state index in [2.05, 4.69) is 10.3 Å². The van der Waals surface area contributed by atoms with Crippen LogP contribution < -0.4 is 11.1 Å². The molecule has 0 unspecified atom stereocenters. The van der Waals surface area contributed by atoms with Crippen molar-refractivity contribution in [3.63, 3.8) is 0 Å². The van der Waals surface area contributed by atoms with Crippen molar-refractivity contribution in [1.29, 1.82) is 0 Å². The molecule has 1 aromatic heterocycles. The summed E-state index contributed by atoms with van der Waals surface area (Å²) >= 11 is 0. The molecule has 0 bridgehead atoms. The fraction of sp³-hybridized carbons (Fsp3) is 0.455. The Morgan fingerprint density at radius 1 is 1.38 bits per heavy atom. The summed E-state index contributed by atoms with van der Waals surface area (Å²) in [5.41, 5.74) is 5.86. The van der Waals surface area contributed by atoms with Crippen LogP contribution in [0.5, 0.6) is 0 Å². The Morgan fingerprint density at radius 3 is 2.81 bits per heavy atom. The number of hydrogen-bond acceptors (Lipinski definition) is 3. The van der Waals surface area contributed by atoms with E-state index in [4.69, 9.17) is 5.73 Å². The van der Waals surface area contributed by atoms with Gasteiger partial charge in [0.05, 0.1) is 11.9 Å². The third-order valence-electron chi connectivity index (χ3n) is 2.12. The molecule has 5 heteroatoms. The minimum atomic E-state index is -0.555. The van der Waals surface area contributed by atoms with E-state index in [9.17, 15) is 9.18 Å². The van der Waals surface area contributed by atoms with E-state index in [1.807, 2.05) is 0 Å². The zero-order valence-electron chi connectivity index (χ0n) is 9.08. The molecule has 88 valence electrons. The molecule has 1 rings (SSSR count). The van der Waals surface area contributed by atoms with Crippen LogP contribution in [-0.2, 0) is 4.79 Å². The average molecular weight is 225 g/mol. The van der Waals surface area contributed by atoms with Crippen molar-refractivity contribution in [2.24, 2.45) is 5.73 Å². The summed E-state index contributed by atoms with van der Waals surface area (Å²) in [5, 5.41) is 2.65. The number of carbonyl (C=O) groups is 1. The lowest BCUT2D eigenvalue weighted by molar-refractivity contribution is -0.116. The smallest absolute Gasteiger partial charge is 0.224 e. The molecule has 1 heterocycles. The van der Waals surface area contributed by atoms with E-state index in [0.29, 0.717) is 18.7 Å². The Hall–Kier alpha value is -1.49. The first kappa shape index (κ1) is 12.6. The molecule has 16 heavy (non-hydrogen) atoms. The van der Waals surface area contributed by atoms with Crippen LogP contribution >= 0.6 is 0 Å². The molecule has 0 atom stereocenters. The van der Waals surface area contributed by atoms with Crippen LogP contribution in [0.25, 0.3) is 0 Å². The highest BCUT2D eigenvalue weighted by molar-refractivity contribution is 5.90. The molecule has 0 saturated heterocycles. The first-order chi connectivity index (χ1) is 7.72. The Balaban J connectivity index is 2.26. The highest BCUT2D eigenvalue weighted by Crippen LogP contribution is 2.07. The largest absolute Gasteiger partial charge is 0.330 e. The number of halogens is 1. The van der Waals surface area contributed by atoms with Gasteiger partial charge in [0.15, 0.2) is 0 Å². The first-order valence-corrected chi connectivity index (χ1v) is 5.34. The van der Waals surface area contributed by atoms with Crippen molar-refractivity contribution < 1.29 is 9.18 Å². The molecular formula is C11H16FN3O. The molecule has 0 saturated carbocycles. The van der Waals surface area contributed by atoms with Crippen molar-refractivity contribution in [2.45, 2.75) is 25.7 Å². The zero-order valence-corrected chi connectivity index (χ0v) is 9.08. The van der Waals surface area contributed by atoms with Crippen LogP contribution in [0.15, 0.2) is 18.3 Å². The minimum absolute atomic E-state index is 0.0783. The topological polar surface area (TPSA) is 68.0 Å². The van der Waals surface area contributed by atoms with Crippen molar-refractivity contribution in [3.8, 4) is 0 Å². The third kappa shape index (κ3) is 4.84. The van der Waals surface area contributed by atoms with E-state index in [0.717, 1.165) is 19.3 Å². The quantitative estimate of drug-likeness (QED) is 0.571. The second-order valence-corrected chi connectivity index (χ2v) is 3.52. The van der Waals surface area contributed by atoms with Crippen LogP contribution in [0.4, 0.5) is 10.1 Å². The number of unbranched alkanes of at least 4 members (excludes halogenated alkanes) is 2. The van der Waals surface area contributed by atoms with Crippen molar-refractivity contribution >= 4 is 11.6 Å². The standard InChI is InChI=1S/C11H16FN3O/c12-10-6-5-9(8-14-10)15-11(16)4-2-1-3-7-13/h5-6,8H,1-4,7,13H2,(H,15,16). The predicted molar refractivity (Wildman–Crippen MR) is 60.3 cm³/mol. The normalized spacial score (nSPS) is 10.1. The lowest BCUT2D eigenvalue weighted by Gasteiger charge is -2.04. The van der Waals surface area contributed by atoms with Crippen LogP contribution in [0, 0.1) is 5.95 Å². The van der Waals surface area contributed by atoms with E-state index in [1.54, 1.807) is 0 Å². The molecule has 0 radical (unpaired) electrons. The molecule has 0 fully saturated rings. The maximum absolute atomic E-state index is 12.5. The summed E-state index contributed by atoms with van der Waals surface area (Å²) in [6, 6.07) is 2.70. The number of nitrogens with one attached hydrogen (secondary N) is 1. The van der Waals surface area contributed by atoms with Crippen LogP contribution in [0.1, 0.15) is 25.7 Å². The van der Waals surface area contributed by atoms with Gasteiger partial charge in [-0.3, -0.25) is 4.79 Å². The van der Waals surface area contributed by atoms with E-state index >= 15 is 0 Å². The van der Waals surface area contributed by atoms with E-state index < -0.39 is 5.95 Å². The van der Waals surface area contributed by atoms with Crippen LogP contribution in [0.2, 0.25) is 0 Å². The zero-order chi connectivity index (χ0) is 11.8. The van der Waals surface area contributed by atoms with E-state index in [1.165, 1.54) is 18.3 Å². The number of anilines is 1. The average Bonchev–Trinajstić information content (AvgIpc) is 2.28. The second kappa shape index (κ2) is 6.90. The lowest BCUT2D eigenvalue weighted by Crippen LogP contribution is -2.11. The summed E-state index contributed by atoms with van der Waals surface area (Å²) in [7, 11) is 0. The maximum atomic E-state index is 12.5. The fourth-order valence-electron chi connectivity index (χ4n) is 1.28. The minimum Gasteiger partial charge on any atom is -0.330 e. The van der Waals surface area contributed by atoms with Gasteiger partial charge in [0.25, 0.3) is 0 Å². The first-order valence-electron chi connectivity index (χ1n) is 5.34. The summed E-state index contributed by atoms with van der Waals surface area (Å²) in [4.78, 5) is 14.8. The van der Waals surface area contributed by atoms with Crippen molar-refractivity contribution in [1.82, 2.24) is 4.98 Å². The summed E-state index contributed by atoms with van der Waals surface area (Å²) in [6.07, 6.45) is 4.46. The van der Waals surface area contributed by atoms with Gasteiger partial charge < -0.3 is 11.1 Å². The van der Waals surface area contributed by atoms with Crippen molar-refractivity contribution in [3.05, 3.63) is 24.3 Å². The highest BCUT2D eigenvalue weighted by atomic mass is 19.1. The molecule has 4 nitrogen and oxygen atoms in total. The van der Waals surface area contributed by atoms with Gasteiger partial charge >= 0.3 is 0 Å². The number of amides is 1. The number of carbonyl (C=O) groups excluding carboxylic acids is 1. The van der Waals surface area contributed by atoms with Crippen molar-refractivity contribution in [2.75, 3.05) is 11.9 Å². The molecule has 0 aliphatic heterocycles. The van der Waals surface area contributed by atoms with Gasteiger partial charge in [0.1, 0.15) is 0 Å². The van der Waals surface area contributed by atoms with Gasteiger partial charge in [-0.05, 0) is 31.5 Å². The molecule has 0 aliphatic rings. The molecule has 0 spiro atoms. The summed E-state index contributed by atoms with van der Waals surface area (Å²) in [5.74, 6) is -0.633. The lowest BCUT2D eigenvalue weighted by atomic mass is 10.2. The van der Waals surface area contributed by atoms with Crippen LogP contribution in [0.3, 0.4) is 0 Å². The number of pyridine rings is 1. The predicted octanol–water partition coefficient (Wildman–Crippen LogP) is 1.68. The van der Waals surface area contributed by atoms with E-state index in [-0.39, 0.29) is 5.91 Å². The van der Waals surface area contributed by atoms with Crippen LogP contribution in [-0.4, -0.2) is 17.4 Å². The van der Waals surface area contributed by atoms with Gasteiger partial charge in [-0.15, -0.1) is 0 Å². The SMILES string of the molecule is NCCCCCC(=O)Nc1ccc(F)nc1. The summed E-state index contributed by atoms with van der Waals surface area (Å²) < 4.78 is 12.5. The Labute approximate surface area is 94.1 Å². The molecule has 0 aliphatic carbocycles. The third-order valence-corrected chi connectivity index (χ3v) is 2.12. The van der Waals surface area contributed by atoms with Gasteiger partial charge in [0, 0.05) is 6.42 Å². The van der Waals surface area contributed by atoms with Gasteiger partial charge in [-0.1, -0.05) is 6.42 Å². The molecule has 1 amide bonds. The van der Waals surface area contributed by atoms with Gasteiger partial charge in [-0.2, -0.15) is 4.39 Å².